The molecule has 0 atom stereocenters. The molecular formula is C7H14N2O. The Kier molecular flexibility index (Phi) is 5.77. The van der Waals surface area contributed by atoms with Crippen molar-refractivity contribution in [1.29, 1.82) is 0 Å². The van der Waals surface area contributed by atoms with Crippen LogP contribution in [-0.2, 0) is 4.79 Å². The van der Waals surface area contributed by atoms with Crippen molar-refractivity contribution in [3.63, 3.8) is 0 Å². The first-order valence-corrected chi connectivity index (χ1v) is 3.33. The van der Waals surface area contributed by atoms with Crippen LogP contribution < -0.4 is 10.6 Å². The van der Waals surface area contributed by atoms with Gasteiger partial charge in [-0.2, -0.15) is 0 Å². The molecule has 10 heavy (non-hydrogen) atoms. The van der Waals surface area contributed by atoms with E-state index in [2.05, 4.69) is 17.2 Å². The van der Waals surface area contributed by atoms with Crippen LogP contribution in [-0.4, -0.2) is 26.0 Å². The molecule has 0 fully saturated rings. The molecule has 0 unspecified atom stereocenters. The van der Waals surface area contributed by atoms with Crippen molar-refractivity contribution in [2.75, 3.05) is 20.1 Å². The van der Waals surface area contributed by atoms with Gasteiger partial charge in [0.15, 0.2) is 0 Å². The highest BCUT2D eigenvalue weighted by Gasteiger charge is 1.93. The molecule has 3 nitrogen and oxygen atoms in total. The second-order valence-electron chi connectivity index (χ2n) is 1.92. The lowest BCUT2D eigenvalue weighted by Gasteiger charge is -1.99. The van der Waals surface area contributed by atoms with Gasteiger partial charge in [0.25, 0.3) is 0 Å². The molecule has 0 aliphatic carbocycles. The monoisotopic (exact) mass is 142 g/mol. The molecule has 2 N–H and O–H groups in total. The third-order valence-electron chi connectivity index (χ3n) is 1.10. The molecular weight excluding hydrogens is 128 g/mol. The SMILES string of the molecule is C=CCNCCC(=O)NC. The van der Waals surface area contributed by atoms with E-state index in [0.717, 1.165) is 6.54 Å². The minimum Gasteiger partial charge on any atom is -0.359 e. The summed E-state index contributed by atoms with van der Waals surface area (Å²) in [5.41, 5.74) is 0. The fourth-order valence-electron chi connectivity index (χ4n) is 0.531. The molecule has 0 rings (SSSR count). The van der Waals surface area contributed by atoms with E-state index in [9.17, 15) is 4.79 Å². The standard InChI is InChI=1S/C7H14N2O/c1-3-5-9-6-4-7(10)8-2/h3,9H,1,4-6H2,2H3,(H,8,10). The first-order chi connectivity index (χ1) is 4.81. The van der Waals surface area contributed by atoms with Gasteiger partial charge < -0.3 is 10.6 Å². The molecule has 0 spiro atoms. The van der Waals surface area contributed by atoms with E-state index in [1.165, 1.54) is 0 Å². The Morgan fingerprint density at radius 3 is 2.90 bits per heavy atom. The van der Waals surface area contributed by atoms with Crippen molar-refractivity contribution in [2.45, 2.75) is 6.42 Å². The summed E-state index contributed by atoms with van der Waals surface area (Å²) in [5.74, 6) is 0.0663. The lowest BCUT2D eigenvalue weighted by Crippen LogP contribution is -2.24. The fraction of sp³-hybridized carbons (Fsp3) is 0.571. The zero-order valence-electron chi connectivity index (χ0n) is 6.31. The van der Waals surface area contributed by atoms with E-state index < -0.39 is 0 Å². The zero-order chi connectivity index (χ0) is 7.82. The number of hydrogen-bond donors (Lipinski definition) is 2. The van der Waals surface area contributed by atoms with E-state index in [-0.39, 0.29) is 5.91 Å². The minimum atomic E-state index is 0.0663. The number of carbonyl (C=O) groups excluding carboxylic acids is 1. The molecule has 0 aromatic carbocycles. The van der Waals surface area contributed by atoms with Crippen LogP contribution in [0.3, 0.4) is 0 Å². The Morgan fingerprint density at radius 2 is 2.40 bits per heavy atom. The van der Waals surface area contributed by atoms with Crippen molar-refractivity contribution in [3.8, 4) is 0 Å². The molecule has 0 saturated carbocycles. The highest BCUT2D eigenvalue weighted by Crippen LogP contribution is 1.74. The van der Waals surface area contributed by atoms with Crippen molar-refractivity contribution < 1.29 is 4.79 Å². The average molecular weight is 142 g/mol. The third kappa shape index (κ3) is 5.31. The van der Waals surface area contributed by atoms with Crippen molar-refractivity contribution in [2.24, 2.45) is 0 Å². The maximum Gasteiger partial charge on any atom is 0.221 e. The maximum absolute atomic E-state index is 10.6. The number of hydrogen-bond acceptors (Lipinski definition) is 2. The van der Waals surface area contributed by atoms with Gasteiger partial charge in [-0.15, -0.1) is 6.58 Å². The minimum absolute atomic E-state index is 0.0663. The summed E-state index contributed by atoms with van der Waals surface area (Å²) in [6.07, 6.45) is 2.30. The Bertz CT molecular complexity index is 112. The van der Waals surface area contributed by atoms with E-state index in [1.807, 2.05) is 0 Å². The van der Waals surface area contributed by atoms with Crippen LogP contribution in [0.4, 0.5) is 0 Å². The van der Waals surface area contributed by atoms with Gasteiger partial charge in [-0.3, -0.25) is 4.79 Å². The zero-order valence-corrected chi connectivity index (χ0v) is 6.31. The molecule has 1 amide bonds. The fourth-order valence-corrected chi connectivity index (χ4v) is 0.531. The maximum atomic E-state index is 10.6. The summed E-state index contributed by atoms with van der Waals surface area (Å²) in [6, 6.07) is 0. The summed E-state index contributed by atoms with van der Waals surface area (Å²) in [7, 11) is 1.63. The molecule has 0 heterocycles. The van der Waals surface area contributed by atoms with Crippen molar-refractivity contribution in [3.05, 3.63) is 12.7 Å². The Hall–Kier alpha value is -0.830. The van der Waals surface area contributed by atoms with Gasteiger partial charge in [0.2, 0.25) is 5.91 Å². The van der Waals surface area contributed by atoms with E-state index >= 15 is 0 Å². The summed E-state index contributed by atoms with van der Waals surface area (Å²) in [6.45, 7) is 5.01. The largest absolute Gasteiger partial charge is 0.359 e. The Morgan fingerprint density at radius 1 is 1.70 bits per heavy atom. The Balaban J connectivity index is 3.03. The number of carbonyl (C=O) groups is 1. The first kappa shape index (κ1) is 9.17. The van der Waals surface area contributed by atoms with E-state index in [0.29, 0.717) is 13.0 Å². The predicted molar refractivity (Wildman–Crippen MR) is 41.8 cm³/mol. The topological polar surface area (TPSA) is 41.1 Å². The van der Waals surface area contributed by atoms with Crippen molar-refractivity contribution >= 4 is 5.91 Å². The quantitative estimate of drug-likeness (QED) is 0.415. The van der Waals surface area contributed by atoms with Gasteiger partial charge in [-0.25, -0.2) is 0 Å². The van der Waals surface area contributed by atoms with Crippen LogP contribution in [0, 0.1) is 0 Å². The van der Waals surface area contributed by atoms with Gasteiger partial charge in [0.1, 0.15) is 0 Å². The molecule has 58 valence electrons. The molecule has 0 bridgehead atoms. The molecule has 0 radical (unpaired) electrons. The van der Waals surface area contributed by atoms with E-state index in [4.69, 9.17) is 0 Å². The molecule has 0 aliphatic rings. The van der Waals surface area contributed by atoms with Gasteiger partial charge in [-0.1, -0.05) is 6.08 Å². The third-order valence-corrected chi connectivity index (χ3v) is 1.10. The van der Waals surface area contributed by atoms with Gasteiger partial charge >= 0.3 is 0 Å². The Labute approximate surface area is 61.5 Å². The second kappa shape index (κ2) is 6.29. The average Bonchev–Trinajstić information content (AvgIpc) is 1.98. The predicted octanol–water partition coefficient (Wildman–Crippen LogP) is -0.102. The number of rotatable bonds is 5. The number of amides is 1. The van der Waals surface area contributed by atoms with E-state index in [1.54, 1.807) is 13.1 Å². The second-order valence-corrected chi connectivity index (χ2v) is 1.92. The van der Waals surface area contributed by atoms with Crippen LogP contribution in [0.15, 0.2) is 12.7 Å². The molecule has 0 aliphatic heterocycles. The highest BCUT2D eigenvalue weighted by atomic mass is 16.1. The summed E-state index contributed by atoms with van der Waals surface area (Å²) in [5, 5.41) is 5.56. The van der Waals surface area contributed by atoms with Crippen LogP contribution in [0.1, 0.15) is 6.42 Å². The molecule has 0 aromatic heterocycles. The molecule has 0 saturated heterocycles. The summed E-state index contributed by atoms with van der Waals surface area (Å²) in [4.78, 5) is 10.6. The number of nitrogens with one attached hydrogen (secondary N) is 2. The first-order valence-electron chi connectivity index (χ1n) is 3.33. The van der Waals surface area contributed by atoms with Crippen LogP contribution in [0.25, 0.3) is 0 Å². The van der Waals surface area contributed by atoms with Gasteiger partial charge in [0.05, 0.1) is 0 Å². The van der Waals surface area contributed by atoms with Crippen molar-refractivity contribution in [1.82, 2.24) is 10.6 Å². The van der Waals surface area contributed by atoms with Crippen LogP contribution >= 0.6 is 0 Å². The lowest BCUT2D eigenvalue weighted by molar-refractivity contribution is -0.120. The summed E-state index contributed by atoms with van der Waals surface area (Å²) < 4.78 is 0. The smallest absolute Gasteiger partial charge is 0.221 e. The highest BCUT2D eigenvalue weighted by molar-refractivity contribution is 5.75. The molecule has 3 heteroatoms. The van der Waals surface area contributed by atoms with Crippen LogP contribution in [0.5, 0.6) is 0 Å². The van der Waals surface area contributed by atoms with Gasteiger partial charge in [0, 0.05) is 26.6 Å². The van der Waals surface area contributed by atoms with Gasteiger partial charge in [-0.05, 0) is 0 Å². The summed E-state index contributed by atoms with van der Waals surface area (Å²) >= 11 is 0. The molecule has 0 aromatic rings. The lowest BCUT2D eigenvalue weighted by atomic mass is 10.4. The normalized spacial score (nSPS) is 8.90. The van der Waals surface area contributed by atoms with Crippen LogP contribution in [0.2, 0.25) is 0 Å².